The maximum atomic E-state index is 13.4. The van der Waals surface area contributed by atoms with Gasteiger partial charge < -0.3 is 4.42 Å². The summed E-state index contributed by atoms with van der Waals surface area (Å²) in [7, 11) is -4.01. The van der Waals surface area contributed by atoms with Gasteiger partial charge in [0.05, 0.1) is 21.8 Å². The van der Waals surface area contributed by atoms with Gasteiger partial charge in [0.15, 0.2) is 0 Å². The maximum Gasteiger partial charge on any atom is 0.264 e. The molecule has 4 rings (SSSR count). The van der Waals surface area contributed by atoms with Crippen molar-refractivity contribution < 1.29 is 17.6 Å². The van der Waals surface area contributed by atoms with Crippen LogP contribution < -0.4 is 9.73 Å². The van der Waals surface area contributed by atoms with Crippen molar-refractivity contribution in [2.24, 2.45) is 5.10 Å². The fraction of sp³-hybridized carbons (Fsp3) is 0.111. The highest BCUT2D eigenvalue weighted by Crippen LogP contribution is 2.31. The van der Waals surface area contributed by atoms with Gasteiger partial charge in [-0.2, -0.15) is 5.10 Å². The van der Waals surface area contributed by atoms with Crippen LogP contribution in [-0.4, -0.2) is 27.1 Å². The molecule has 37 heavy (non-hydrogen) atoms. The number of hydrogen-bond acceptors (Lipinski definition) is 5. The van der Waals surface area contributed by atoms with Crippen LogP contribution in [0.15, 0.2) is 93.3 Å². The summed E-state index contributed by atoms with van der Waals surface area (Å²) in [6, 6.07) is 21.8. The molecular weight excluding hydrogens is 533 g/mol. The van der Waals surface area contributed by atoms with Crippen molar-refractivity contribution in [3.63, 3.8) is 0 Å². The van der Waals surface area contributed by atoms with E-state index in [1.54, 1.807) is 60.7 Å². The van der Waals surface area contributed by atoms with Gasteiger partial charge in [0.1, 0.15) is 18.1 Å². The van der Waals surface area contributed by atoms with Crippen LogP contribution in [-0.2, 0) is 14.8 Å². The molecule has 0 fully saturated rings. The van der Waals surface area contributed by atoms with Crippen LogP contribution in [0.25, 0.3) is 11.3 Å². The number of hydrazone groups is 1. The standard InChI is InChI=1S/C27H23Cl2N3O4S/c1-18-12-19(2)14-21(13-18)32(37(34,35)23-6-4-3-5-7-23)17-27(33)31-30-16-22-9-11-26(36-22)24-10-8-20(28)15-25(24)29/h3-16H,17H2,1-2H3,(H,31,33)/b30-16-. The number of amides is 1. The van der Waals surface area contributed by atoms with Crippen molar-refractivity contribution in [2.45, 2.75) is 18.7 Å². The molecule has 1 N–H and O–H groups in total. The number of nitrogens with zero attached hydrogens (tertiary/aromatic N) is 2. The summed E-state index contributed by atoms with van der Waals surface area (Å²) in [6.45, 7) is 3.26. The van der Waals surface area contributed by atoms with Crippen molar-refractivity contribution in [3.8, 4) is 11.3 Å². The Labute approximate surface area is 225 Å². The molecule has 1 heterocycles. The number of carbonyl (C=O) groups is 1. The molecule has 0 saturated heterocycles. The number of furan rings is 1. The van der Waals surface area contributed by atoms with Crippen LogP contribution in [0.2, 0.25) is 10.0 Å². The second-order valence-electron chi connectivity index (χ2n) is 8.29. The van der Waals surface area contributed by atoms with Gasteiger partial charge >= 0.3 is 0 Å². The van der Waals surface area contributed by atoms with Crippen molar-refractivity contribution in [2.75, 3.05) is 10.8 Å². The van der Waals surface area contributed by atoms with Gasteiger partial charge in [0.2, 0.25) is 0 Å². The minimum absolute atomic E-state index is 0.0782. The number of anilines is 1. The number of carbonyl (C=O) groups excluding carboxylic acids is 1. The maximum absolute atomic E-state index is 13.4. The molecule has 0 atom stereocenters. The second kappa shape index (κ2) is 11.2. The minimum atomic E-state index is -4.01. The highest BCUT2D eigenvalue weighted by atomic mass is 35.5. The highest BCUT2D eigenvalue weighted by Gasteiger charge is 2.27. The van der Waals surface area contributed by atoms with Crippen LogP contribution in [0.3, 0.4) is 0 Å². The first kappa shape index (κ1) is 26.5. The quantitative estimate of drug-likeness (QED) is 0.206. The Morgan fingerprint density at radius 3 is 2.35 bits per heavy atom. The third kappa shape index (κ3) is 6.40. The number of sulfonamides is 1. The van der Waals surface area contributed by atoms with Gasteiger partial charge in [-0.25, -0.2) is 13.8 Å². The summed E-state index contributed by atoms with van der Waals surface area (Å²) in [5.74, 6) is 0.246. The number of rotatable bonds is 8. The van der Waals surface area contributed by atoms with Crippen LogP contribution in [0.5, 0.6) is 0 Å². The van der Waals surface area contributed by atoms with E-state index in [2.05, 4.69) is 10.5 Å². The lowest BCUT2D eigenvalue weighted by atomic mass is 10.1. The summed E-state index contributed by atoms with van der Waals surface area (Å²) in [6.07, 6.45) is 1.32. The van der Waals surface area contributed by atoms with E-state index in [0.717, 1.165) is 15.4 Å². The first-order valence-electron chi connectivity index (χ1n) is 11.2. The molecule has 0 aliphatic heterocycles. The second-order valence-corrected chi connectivity index (χ2v) is 11.0. The zero-order valence-electron chi connectivity index (χ0n) is 20.0. The first-order chi connectivity index (χ1) is 17.6. The molecular formula is C27H23Cl2N3O4S. The molecule has 190 valence electrons. The molecule has 7 nitrogen and oxygen atoms in total. The molecule has 0 saturated carbocycles. The smallest absolute Gasteiger partial charge is 0.264 e. The van der Waals surface area contributed by atoms with E-state index < -0.39 is 22.5 Å². The molecule has 1 aromatic heterocycles. The van der Waals surface area contributed by atoms with Gasteiger partial charge in [0, 0.05) is 10.6 Å². The Hall–Kier alpha value is -3.59. The van der Waals surface area contributed by atoms with Crippen molar-refractivity contribution >= 4 is 51.0 Å². The van der Waals surface area contributed by atoms with Gasteiger partial charge in [-0.15, -0.1) is 0 Å². The van der Waals surface area contributed by atoms with Crippen molar-refractivity contribution in [1.82, 2.24) is 5.43 Å². The summed E-state index contributed by atoms with van der Waals surface area (Å²) >= 11 is 12.2. The van der Waals surface area contributed by atoms with E-state index in [1.165, 1.54) is 18.3 Å². The van der Waals surface area contributed by atoms with Crippen LogP contribution in [0.1, 0.15) is 16.9 Å². The van der Waals surface area contributed by atoms with Crippen LogP contribution in [0, 0.1) is 13.8 Å². The highest BCUT2D eigenvalue weighted by molar-refractivity contribution is 7.92. The van der Waals surface area contributed by atoms with Crippen molar-refractivity contribution in [1.29, 1.82) is 0 Å². The predicted molar refractivity (Wildman–Crippen MR) is 147 cm³/mol. The average Bonchev–Trinajstić information content (AvgIpc) is 3.31. The lowest BCUT2D eigenvalue weighted by Crippen LogP contribution is -2.39. The molecule has 10 heteroatoms. The Balaban J connectivity index is 1.52. The Bertz CT molecular complexity index is 1550. The predicted octanol–water partition coefficient (Wildman–Crippen LogP) is 6.22. The average molecular weight is 556 g/mol. The van der Waals surface area contributed by atoms with Crippen LogP contribution >= 0.6 is 23.2 Å². The summed E-state index contributed by atoms with van der Waals surface area (Å²) in [4.78, 5) is 12.9. The number of halogens is 2. The number of benzene rings is 3. The van der Waals surface area contributed by atoms with Gasteiger partial charge in [-0.1, -0.05) is 47.5 Å². The van der Waals surface area contributed by atoms with E-state index in [1.807, 2.05) is 19.9 Å². The van der Waals surface area contributed by atoms with Crippen LogP contribution in [0.4, 0.5) is 5.69 Å². The molecule has 3 aromatic carbocycles. The van der Waals surface area contributed by atoms with Crippen molar-refractivity contribution in [3.05, 3.63) is 106 Å². The Morgan fingerprint density at radius 2 is 1.68 bits per heavy atom. The Kier molecular flexibility index (Phi) is 8.02. The normalized spacial score (nSPS) is 11.6. The summed E-state index contributed by atoms with van der Waals surface area (Å²) in [5.41, 5.74) is 5.16. The SMILES string of the molecule is Cc1cc(C)cc(N(CC(=O)N/N=C\c2ccc(-c3ccc(Cl)cc3Cl)o2)S(=O)(=O)c2ccccc2)c1. The third-order valence-electron chi connectivity index (χ3n) is 5.32. The van der Waals surface area contributed by atoms with Gasteiger partial charge in [0.25, 0.3) is 15.9 Å². The number of nitrogens with one attached hydrogen (secondary N) is 1. The van der Waals surface area contributed by atoms with E-state index in [4.69, 9.17) is 27.6 Å². The molecule has 0 aliphatic carbocycles. The van der Waals surface area contributed by atoms with E-state index in [9.17, 15) is 13.2 Å². The van der Waals surface area contributed by atoms with E-state index in [0.29, 0.717) is 32.8 Å². The van der Waals surface area contributed by atoms with E-state index in [-0.39, 0.29) is 4.90 Å². The molecule has 0 spiro atoms. The lowest BCUT2D eigenvalue weighted by molar-refractivity contribution is -0.119. The topological polar surface area (TPSA) is 92.0 Å². The first-order valence-corrected chi connectivity index (χ1v) is 13.4. The molecule has 0 radical (unpaired) electrons. The zero-order valence-corrected chi connectivity index (χ0v) is 22.3. The summed E-state index contributed by atoms with van der Waals surface area (Å²) < 4.78 is 33.7. The molecule has 0 unspecified atom stereocenters. The monoisotopic (exact) mass is 555 g/mol. The van der Waals surface area contributed by atoms with Gasteiger partial charge in [-0.3, -0.25) is 9.10 Å². The molecule has 0 bridgehead atoms. The minimum Gasteiger partial charge on any atom is -0.455 e. The molecule has 1 amide bonds. The number of aryl methyl sites for hydroxylation is 2. The summed E-state index contributed by atoms with van der Waals surface area (Å²) in [5, 5.41) is 4.87. The fourth-order valence-electron chi connectivity index (χ4n) is 3.72. The molecule has 0 aliphatic rings. The fourth-order valence-corrected chi connectivity index (χ4v) is 5.65. The Morgan fingerprint density at radius 1 is 0.973 bits per heavy atom. The van der Waals surface area contributed by atoms with Gasteiger partial charge in [-0.05, 0) is 79.6 Å². The molecule has 4 aromatic rings. The zero-order chi connectivity index (χ0) is 26.6. The third-order valence-corrected chi connectivity index (χ3v) is 7.65. The number of hydrogen-bond donors (Lipinski definition) is 1. The van der Waals surface area contributed by atoms with E-state index >= 15 is 0 Å². The lowest BCUT2D eigenvalue weighted by Gasteiger charge is -2.24. The largest absolute Gasteiger partial charge is 0.455 e.